The van der Waals surface area contributed by atoms with Gasteiger partial charge in [0.1, 0.15) is 11.6 Å². The molecule has 4 heteroatoms. The standard InChI is InChI=1S/C16H17ClFNO/c1-10-8-12(20-3)5-7-13(10)16(19-2)14-6-4-11(18)9-15(14)17/h4-9,16,19H,1-3H3. The second kappa shape index (κ2) is 6.25. The molecule has 0 heterocycles. The van der Waals surface area contributed by atoms with Crippen LogP contribution >= 0.6 is 11.6 Å². The topological polar surface area (TPSA) is 21.3 Å². The summed E-state index contributed by atoms with van der Waals surface area (Å²) in [6, 6.07) is 10.2. The van der Waals surface area contributed by atoms with Gasteiger partial charge in [0.05, 0.1) is 13.2 Å². The van der Waals surface area contributed by atoms with Gasteiger partial charge < -0.3 is 10.1 Å². The van der Waals surface area contributed by atoms with Crippen molar-refractivity contribution in [3.8, 4) is 5.75 Å². The van der Waals surface area contributed by atoms with Gasteiger partial charge in [0.25, 0.3) is 0 Å². The Morgan fingerprint density at radius 2 is 1.85 bits per heavy atom. The first-order valence-corrected chi connectivity index (χ1v) is 6.71. The van der Waals surface area contributed by atoms with Crippen LogP contribution in [-0.4, -0.2) is 14.2 Å². The van der Waals surface area contributed by atoms with Gasteiger partial charge in [-0.25, -0.2) is 4.39 Å². The second-order valence-corrected chi connectivity index (χ2v) is 5.02. The molecule has 0 saturated heterocycles. The lowest BCUT2D eigenvalue weighted by Crippen LogP contribution is -2.19. The van der Waals surface area contributed by atoms with E-state index in [1.54, 1.807) is 13.2 Å². The number of benzene rings is 2. The Kier molecular flexibility index (Phi) is 4.63. The van der Waals surface area contributed by atoms with Crippen molar-refractivity contribution in [2.75, 3.05) is 14.2 Å². The summed E-state index contributed by atoms with van der Waals surface area (Å²) in [5.74, 6) is 0.478. The number of halogens is 2. The molecule has 1 atom stereocenters. The van der Waals surface area contributed by atoms with Gasteiger partial charge in [-0.15, -0.1) is 0 Å². The largest absolute Gasteiger partial charge is 0.497 e. The molecule has 0 aliphatic rings. The Bertz CT molecular complexity index is 615. The van der Waals surface area contributed by atoms with Crippen LogP contribution in [0.2, 0.25) is 5.02 Å². The van der Waals surface area contributed by atoms with Crippen LogP contribution < -0.4 is 10.1 Å². The fourth-order valence-corrected chi connectivity index (χ4v) is 2.59. The van der Waals surface area contributed by atoms with Crippen LogP contribution in [0.25, 0.3) is 0 Å². The third-order valence-electron chi connectivity index (χ3n) is 3.35. The van der Waals surface area contributed by atoms with Crippen molar-refractivity contribution >= 4 is 11.6 Å². The fraction of sp³-hybridized carbons (Fsp3) is 0.250. The van der Waals surface area contributed by atoms with E-state index in [-0.39, 0.29) is 11.9 Å². The molecule has 0 bridgehead atoms. The summed E-state index contributed by atoms with van der Waals surface area (Å²) in [4.78, 5) is 0. The van der Waals surface area contributed by atoms with Crippen LogP contribution in [0.15, 0.2) is 36.4 Å². The molecule has 106 valence electrons. The average molecular weight is 294 g/mol. The zero-order chi connectivity index (χ0) is 14.7. The number of methoxy groups -OCH3 is 1. The lowest BCUT2D eigenvalue weighted by molar-refractivity contribution is 0.414. The molecule has 2 rings (SSSR count). The van der Waals surface area contributed by atoms with Gasteiger partial charge in [0, 0.05) is 5.02 Å². The van der Waals surface area contributed by atoms with Crippen molar-refractivity contribution in [1.82, 2.24) is 5.32 Å². The van der Waals surface area contributed by atoms with Crippen LogP contribution in [-0.2, 0) is 0 Å². The Balaban J connectivity index is 2.47. The normalized spacial score (nSPS) is 12.2. The quantitative estimate of drug-likeness (QED) is 0.916. The summed E-state index contributed by atoms with van der Waals surface area (Å²) in [5.41, 5.74) is 3.02. The monoisotopic (exact) mass is 293 g/mol. The van der Waals surface area contributed by atoms with E-state index in [1.165, 1.54) is 12.1 Å². The highest BCUT2D eigenvalue weighted by Gasteiger charge is 2.17. The summed E-state index contributed by atoms with van der Waals surface area (Å²) < 4.78 is 18.4. The molecule has 20 heavy (non-hydrogen) atoms. The molecule has 0 aromatic heterocycles. The van der Waals surface area contributed by atoms with E-state index < -0.39 is 0 Å². The second-order valence-electron chi connectivity index (χ2n) is 4.61. The first-order valence-electron chi connectivity index (χ1n) is 6.33. The van der Waals surface area contributed by atoms with Crippen LogP contribution in [0.1, 0.15) is 22.7 Å². The molecule has 2 aromatic rings. The van der Waals surface area contributed by atoms with Gasteiger partial charge in [0.2, 0.25) is 0 Å². The summed E-state index contributed by atoms with van der Waals surface area (Å²) in [5, 5.41) is 3.64. The van der Waals surface area contributed by atoms with Crippen LogP contribution in [0.4, 0.5) is 4.39 Å². The van der Waals surface area contributed by atoms with Gasteiger partial charge in [0.15, 0.2) is 0 Å². The minimum Gasteiger partial charge on any atom is -0.497 e. The third-order valence-corrected chi connectivity index (χ3v) is 3.68. The van der Waals surface area contributed by atoms with Crippen molar-refractivity contribution in [3.63, 3.8) is 0 Å². The highest BCUT2D eigenvalue weighted by Crippen LogP contribution is 2.31. The van der Waals surface area contributed by atoms with Crippen LogP contribution in [0, 0.1) is 12.7 Å². The first-order chi connectivity index (χ1) is 9.56. The number of hydrogen-bond donors (Lipinski definition) is 1. The van der Waals surface area contributed by atoms with Crippen LogP contribution in [0.3, 0.4) is 0 Å². The highest BCUT2D eigenvalue weighted by molar-refractivity contribution is 6.31. The maximum Gasteiger partial charge on any atom is 0.124 e. The molecule has 1 N–H and O–H groups in total. The maximum absolute atomic E-state index is 13.2. The molecule has 0 aliphatic carbocycles. The number of aryl methyl sites for hydroxylation is 1. The summed E-state index contributed by atoms with van der Waals surface area (Å²) in [6.07, 6.45) is 0. The Morgan fingerprint density at radius 3 is 2.40 bits per heavy atom. The van der Waals surface area contributed by atoms with Gasteiger partial charge in [-0.1, -0.05) is 23.7 Å². The molecule has 1 unspecified atom stereocenters. The number of rotatable bonds is 4. The molecule has 0 spiro atoms. The van der Waals surface area contributed by atoms with Crippen molar-refractivity contribution < 1.29 is 9.13 Å². The van der Waals surface area contributed by atoms with E-state index in [9.17, 15) is 4.39 Å². The Morgan fingerprint density at radius 1 is 1.15 bits per heavy atom. The predicted octanol–water partition coefficient (Wildman–Crippen LogP) is 4.10. The Hall–Kier alpha value is -1.58. The molecule has 0 fully saturated rings. The van der Waals surface area contributed by atoms with Crippen molar-refractivity contribution in [2.24, 2.45) is 0 Å². The van der Waals surface area contributed by atoms with Gasteiger partial charge in [-0.05, 0) is 54.9 Å². The summed E-state index contributed by atoms with van der Waals surface area (Å²) in [7, 11) is 3.49. The van der Waals surface area contributed by atoms with E-state index >= 15 is 0 Å². The minimum absolute atomic E-state index is 0.0889. The van der Waals surface area contributed by atoms with E-state index in [1.807, 2.05) is 32.2 Å². The number of hydrogen-bond acceptors (Lipinski definition) is 2. The van der Waals surface area contributed by atoms with E-state index in [0.717, 1.165) is 22.4 Å². The van der Waals surface area contributed by atoms with Gasteiger partial charge in [-0.2, -0.15) is 0 Å². The molecule has 2 aromatic carbocycles. The lowest BCUT2D eigenvalue weighted by atomic mass is 9.95. The lowest BCUT2D eigenvalue weighted by Gasteiger charge is -2.21. The fourth-order valence-electron chi connectivity index (χ4n) is 2.31. The van der Waals surface area contributed by atoms with Crippen molar-refractivity contribution in [3.05, 3.63) is 63.9 Å². The molecule has 0 radical (unpaired) electrons. The molecule has 0 amide bonds. The highest BCUT2D eigenvalue weighted by atomic mass is 35.5. The Labute approximate surface area is 123 Å². The molecule has 0 aliphatic heterocycles. The zero-order valence-electron chi connectivity index (χ0n) is 11.7. The first kappa shape index (κ1) is 14.8. The molecular formula is C16H17ClFNO. The van der Waals surface area contributed by atoms with E-state index in [4.69, 9.17) is 16.3 Å². The molecular weight excluding hydrogens is 277 g/mol. The maximum atomic E-state index is 13.2. The summed E-state index contributed by atoms with van der Waals surface area (Å²) >= 11 is 6.16. The van der Waals surface area contributed by atoms with Crippen molar-refractivity contribution in [1.29, 1.82) is 0 Å². The number of nitrogens with one attached hydrogen (secondary N) is 1. The zero-order valence-corrected chi connectivity index (χ0v) is 12.5. The van der Waals surface area contributed by atoms with Crippen LogP contribution in [0.5, 0.6) is 5.75 Å². The van der Waals surface area contributed by atoms with E-state index in [0.29, 0.717) is 5.02 Å². The van der Waals surface area contributed by atoms with Gasteiger partial charge >= 0.3 is 0 Å². The van der Waals surface area contributed by atoms with Crippen molar-refractivity contribution in [2.45, 2.75) is 13.0 Å². The SMILES string of the molecule is CNC(c1ccc(OC)cc1C)c1ccc(F)cc1Cl. The van der Waals surface area contributed by atoms with Gasteiger partial charge in [-0.3, -0.25) is 0 Å². The smallest absolute Gasteiger partial charge is 0.124 e. The molecule has 0 saturated carbocycles. The summed E-state index contributed by atoms with van der Waals surface area (Å²) in [6.45, 7) is 2.01. The average Bonchev–Trinajstić information content (AvgIpc) is 2.43. The minimum atomic E-state index is -0.333. The third kappa shape index (κ3) is 2.94. The number of ether oxygens (including phenoxy) is 1. The molecule has 2 nitrogen and oxygen atoms in total. The van der Waals surface area contributed by atoms with E-state index in [2.05, 4.69) is 5.32 Å². The predicted molar refractivity (Wildman–Crippen MR) is 80.0 cm³/mol.